The zero-order chi connectivity index (χ0) is 12.1. The summed E-state index contributed by atoms with van der Waals surface area (Å²) >= 11 is 0. The Hall–Kier alpha value is -1.08. The van der Waals surface area contributed by atoms with E-state index in [9.17, 15) is 4.79 Å². The summed E-state index contributed by atoms with van der Waals surface area (Å²) in [5.74, 6) is 0.783. The lowest BCUT2D eigenvalue weighted by molar-refractivity contribution is -0.129. The van der Waals surface area contributed by atoms with Crippen molar-refractivity contribution in [2.24, 2.45) is 5.92 Å². The predicted molar refractivity (Wildman–Crippen MR) is 65.2 cm³/mol. The van der Waals surface area contributed by atoms with Crippen molar-refractivity contribution in [3.63, 3.8) is 0 Å². The predicted octanol–water partition coefficient (Wildman–Crippen LogP) is 1.28. The van der Waals surface area contributed by atoms with Crippen LogP contribution in [0.1, 0.15) is 38.5 Å². The summed E-state index contributed by atoms with van der Waals surface area (Å²) in [6.07, 6.45) is 6.26. The maximum atomic E-state index is 11.8. The SMILES string of the molecule is N#CCC1CCC(NCC(=O)N2CCCC2)C1. The van der Waals surface area contributed by atoms with Gasteiger partial charge in [0, 0.05) is 25.6 Å². The maximum absolute atomic E-state index is 11.8. The highest BCUT2D eigenvalue weighted by Crippen LogP contribution is 2.27. The molecule has 2 aliphatic rings. The zero-order valence-electron chi connectivity index (χ0n) is 10.3. The number of amides is 1. The van der Waals surface area contributed by atoms with Gasteiger partial charge >= 0.3 is 0 Å². The van der Waals surface area contributed by atoms with Crippen molar-refractivity contribution in [2.45, 2.75) is 44.6 Å². The van der Waals surface area contributed by atoms with Crippen molar-refractivity contribution in [3.8, 4) is 6.07 Å². The first-order valence-corrected chi connectivity index (χ1v) is 6.67. The van der Waals surface area contributed by atoms with Gasteiger partial charge in [0.2, 0.25) is 5.91 Å². The van der Waals surface area contributed by atoms with Crippen LogP contribution in [-0.4, -0.2) is 36.5 Å². The second-order valence-electron chi connectivity index (χ2n) is 5.21. The van der Waals surface area contributed by atoms with E-state index in [2.05, 4.69) is 11.4 Å². The van der Waals surface area contributed by atoms with Crippen molar-refractivity contribution in [2.75, 3.05) is 19.6 Å². The Morgan fingerprint density at radius 1 is 1.35 bits per heavy atom. The molecule has 1 amide bonds. The fourth-order valence-corrected chi connectivity index (χ4v) is 2.88. The molecule has 0 aromatic heterocycles. The van der Waals surface area contributed by atoms with Crippen LogP contribution < -0.4 is 5.32 Å². The summed E-state index contributed by atoms with van der Waals surface area (Å²) in [5.41, 5.74) is 0. The van der Waals surface area contributed by atoms with Crippen LogP contribution in [0, 0.1) is 17.2 Å². The molecule has 0 bridgehead atoms. The van der Waals surface area contributed by atoms with E-state index in [1.54, 1.807) is 0 Å². The minimum atomic E-state index is 0.242. The van der Waals surface area contributed by atoms with Gasteiger partial charge in [0.1, 0.15) is 0 Å². The fraction of sp³-hybridized carbons (Fsp3) is 0.846. The molecular weight excluding hydrogens is 214 g/mol. The Morgan fingerprint density at radius 3 is 2.82 bits per heavy atom. The van der Waals surface area contributed by atoms with Gasteiger partial charge in [0.25, 0.3) is 0 Å². The molecule has 2 unspecified atom stereocenters. The largest absolute Gasteiger partial charge is 0.342 e. The highest BCUT2D eigenvalue weighted by atomic mass is 16.2. The lowest BCUT2D eigenvalue weighted by Gasteiger charge is -2.18. The van der Waals surface area contributed by atoms with Crippen LogP contribution in [0.3, 0.4) is 0 Å². The molecule has 0 spiro atoms. The molecule has 4 nitrogen and oxygen atoms in total. The van der Waals surface area contributed by atoms with E-state index in [0.29, 0.717) is 24.9 Å². The third-order valence-electron chi connectivity index (χ3n) is 3.92. The van der Waals surface area contributed by atoms with Crippen molar-refractivity contribution < 1.29 is 4.79 Å². The van der Waals surface area contributed by atoms with E-state index in [4.69, 9.17) is 5.26 Å². The molecular formula is C13H21N3O. The number of nitrogens with one attached hydrogen (secondary N) is 1. The van der Waals surface area contributed by atoms with E-state index in [0.717, 1.165) is 45.2 Å². The van der Waals surface area contributed by atoms with Crippen LogP contribution in [0.15, 0.2) is 0 Å². The molecule has 0 aromatic rings. The van der Waals surface area contributed by atoms with Crippen LogP contribution in [0.25, 0.3) is 0 Å². The van der Waals surface area contributed by atoms with Crippen LogP contribution in [0.5, 0.6) is 0 Å². The van der Waals surface area contributed by atoms with E-state index in [1.165, 1.54) is 0 Å². The van der Waals surface area contributed by atoms with E-state index >= 15 is 0 Å². The summed E-state index contributed by atoms with van der Waals surface area (Å²) < 4.78 is 0. The van der Waals surface area contributed by atoms with Gasteiger partial charge < -0.3 is 10.2 Å². The van der Waals surface area contributed by atoms with E-state index < -0.39 is 0 Å². The second-order valence-corrected chi connectivity index (χ2v) is 5.21. The number of carbonyl (C=O) groups excluding carboxylic acids is 1. The molecule has 17 heavy (non-hydrogen) atoms. The first-order valence-electron chi connectivity index (χ1n) is 6.67. The van der Waals surface area contributed by atoms with Crippen molar-refractivity contribution in [3.05, 3.63) is 0 Å². The number of hydrogen-bond acceptors (Lipinski definition) is 3. The summed E-state index contributed by atoms with van der Waals surface area (Å²) in [7, 11) is 0. The molecule has 2 rings (SSSR count). The Balaban J connectivity index is 1.65. The summed E-state index contributed by atoms with van der Waals surface area (Å²) in [4.78, 5) is 13.8. The Kier molecular flexibility index (Phi) is 4.38. The summed E-state index contributed by atoms with van der Waals surface area (Å²) in [5, 5.41) is 12.0. The number of nitrogens with zero attached hydrogens (tertiary/aromatic N) is 2. The minimum Gasteiger partial charge on any atom is -0.342 e. The number of nitriles is 1. The molecule has 4 heteroatoms. The summed E-state index contributed by atoms with van der Waals surface area (Å²) in [6, 6.07) is 2.68. The lowest BCUT2D eigenvalue weighted by atomic mass is 10.1. The molecule has 1 N–H and O–H groups in total. The summed E-state index contributed by atoms with van der Waals surface area (Å²) in [6.45, 7) is 2.34. The normalized spacial score (nSPS) is 28.3. The third-order valence-corrected chi connectivity index (χ3v) is 3.92. The molecule has 0 radical (unpaired) electrons. The molecule has 1 saturated carbocycles. The highest BCUT2D eigenvalue weighted by molar-refractivity contribution is 5.78. The average Bonchev–Trinajstić information content (AvgIpc) is 2.97. The highest BCUT2D eigenvalue weighted by Gasteiger charge is 2.25. The van der Waals surface area contributed by atoms with Gasteiger partial charge in [-0.25, -0.2) is 0 Å². The smallest absolute Gasteiger partial charge is 0.236 e. The Labute approximate surface area is 103 Å². The molecule has 1 aliphatic heterocycles. The number of hydrogen-bond donors (Lipinski definition) is 1. The third kappa shape index (κ3) is 3.44. The minimum absolute atomic E-state index is 0.242. The van der Waals surface area contributed by atoms with Gasteiger partial charge in [0.15, 0.2) is 0 Å². The van der Waals surface area contributed by atoms with Gasteiger partial charge in [-0.1, -0.05) is 0 Å². The number of likely N-dealkylation sites (tertiary alicyclic amines) is 1. The van der Waals surface area contributed by atoms with Crippen LogP contribution in [-0.2, 0) is 4.79 Å². The van der Waals surface area contributed by atoms with Crippen LogP contribution >= 0.6 is 0 Å². The monoisotopic (exact) mass is 235 g/mol. The van der Waals surface area contributed by atoms with Gasteiger partial charge in [-0.15, -0.1) is 0 Å². The molecule has 94 valence electrons. The van der Waals surface area contributed by atoms with E-state index in [-0.39, 0.29) is 5.91 Å². The number of carbonyl (C=O) groups is 1. The quantitative estimate of drug-likeness (QED) is 0.798. The van der Waals surface area contributed by atoms with Gasteiger partial charge in [-0.3, -0.25) is 4.79 Å². The van der Waals surface area contributed by atoms with Gasteiger partial charge in [-0.2, -0.15) is 5.26 Å². The van der Waals surface area contributed by atoms with Gasteiger partial charge in [-0.05, 0) is 38.0 Å². The van der Waals surface area contributed by atoms with E-state index in [1.807, 2.05) is 4.90 Å². The van der Waals surface area contributed by atoms with Crippen molar-refractivity contribution in [1.29, 1.82) is 5.26 Å². The van der Waals surface area contributed by atoms with Crippen LogP contribution in [0.2, 0.25) is 0 Å². The Bertz CT molecular complexity index is 304. The van der Waals surface area contributed by atoms with Crippen LogP contribution in [0.4, 0.5) is 0 Å². The first-order chi connectivity index (χ1) is 8.29. The molecule has 1 aliphatic carbocycles. The molecule has 2 atom stereocenters. The number of rotatable bonds is 4. The molecule has 1 saturated heterocycles. The van der Waals surface area contributed by atoms with Crippen molar-refractivity contribution >= 4 is 5.91 Å². The first kappa shape index (κ1) is 12.4. The fourth-order valence-electron chi connectivity index (χ4n) is 2.88. The topological polar surface area (TPSA) is 56.1 Å². The average molecular weight is 235 g/mol. The zero-order valence-corrected chi connectivity index (χ0v) is 10.3. The lowest BCUT2D eigenvalue weighted by Crippen LogP contribution is -2.39. The Morgan fingerprint density at radius 2 is 2.12 bits per heavy atom. The molecule has 1 heterocycles. The standard InChI is InChI=1S/C13H21N3O/c14-6-5-11-3-4-12(9-11)15-10-13(17)16-7-1-2-8-16/h11-12,15H,1-5,7-10H2. The van der Waals surface area contributed by atoms with Crippen molar-refractivity contribution in [1.82, 2.24) is 10.2 Å². The maximum Gasteiger partial charge on any atom is 0.236 e. The second kappa shape index (κ2) is 6.02. The van der Waals surface area contributed by atoms with Gasteiger partial charge in [0.05, 0.1) is 12.6 Å². The molecule has 2 fully saturated rings. The molecule has 0 aromatic carbocycles.